The van der Waals surface area contributed by atoms with Crippen LogP contribution in [0, 0.1) is 9.39 Å². The molecule has 1 unspecified atom stereocenters. The molecular formula is C17H15FIN3O4S. The Morgan fingerprint density at radius 2 is 2.22 bits per heavy atom. The number of halogens is 2. The Morgan fingerprint density at radius 3 is 2.96 bits per heavy atom. The standard InChI is InChI=1S/C17H15FIN3O4S/c18-12-6-9(19)3-4-13(12)21-17-14(11-2-1-5-20-16(11)27-17)15(25)22-26-8-10(24)7-23/h1-6,10,21,23-24H,7-8H2,(H,22,25). The van der Waals surface area contributed by atoms with Crippen molar-refractivity contribution in [2.24, 2.45) is 0 Å². The van der Waals surface area contributed by atoms with E-state index in [0.29, 0.717) is 15.2 Å². The van der Waals surface area contributed by atoms with E-state index in [1.165, 1.54) is 17.4 Å². The van der Waals surface area contributed by atoms with Crippen LogP contribution in [0.4, 0.5) is 15.1 Å². The zero-order valence-corrected chi connectivity index (χ0v) is 16.8. The highest BCUT2D eigenvalue weighted by molar-refractivity contribution is 14.1. The van der Waals surface area contributed by atoms with E-state index in [4.69, 9.17) is 9.94 Å². The van der Waals surface area contributed by atoms with Crippen molar-refractivity contribution >= 4 is 60.7 Å². The normalized spacial score (nSPS) is 12.1. The van der Waals surface area contributed by atoms with Crippen molar-refractivity contribution in [3.05, 3.63) is 51.5 Å². The molecule has 0 aliphatic rings. The Labute approximate surface area is 171 Å². The van der Waals surface area contributed by atoms with E-state index in [0.717, 1.165) is 3.57 Å². The largest absolute Gasteiger partial charge is 0.394 e. The van der Waals surface area contributed by atoms with E-state index in [-0.39, 0.29) is 17.9 Å². The van der Waals surface area contributed by atoms with Gasteiger partial charge in [0.05, 0.1) is 17.9 Å². The van der Waals surface area contributed by atoms with Crippen LogP contribution in [0.5, 0.6) is 0 Å². The summed E-state index contributed by atoms with van der Waals surface area (Å²) in [5, 5.41) is 22.0. The molecule has 1 amide bonds. The zero-order chi connectivity index (χ0) is 19.4. The number of carbonyl (C=O) groups is 1. The number of aromatic nitrogens is 1. The second-order valence-electron chi connectivity index (χ2n) is 5.49. The monoisotopic (exact) mass is 503 g/mol. The Kier molecular flexibility index (Phi) is 6.55. The van der Waals surface area contributed by atoms with Crippen molar-refractivity contribution in [3.8, 4) is 0 Å². The van der Waals surface area contributed by atoms with Crippen LogP contribution in [0.2, 0.25) is 0 Å². The predicted octanol–water partition coefficient (Wildman–Crippen LogP) is 2.80. The second kappa shape index (κ2) is 8.89. The fourth-order valence-electron chi connectivity index (χ4n) is 2.27. The number of nitrogens with zero attached hydrogens (tertiary/aromatic N) is 1. The average molecular weight is 503 g/mol. The van der Waals surface area contributed by atoms with Gasteiger partial charge in [0.2, 0.25) is 0 Å². The molecule has 0 aliphatic carbocycles. The summed E-state index contributed by atoms with van der Waals surface area (Å²) in [6.07, 6.45) is 0.494. The number of aliphatic hydroxyl groups excluding tert-OH is 2. The third-order valence-electron chi connectivity index (χ3n) is 3.52. The van der Waals surface area contributed by atoms with E-state index in [2.05, 4.69) is 15.8 Å². The van der Waals surface area contributed by atoms with Crippen LogP contribution in [-0.2, 0) is 4.84 Å². The number of hydrogen-bond acceptors (Lipinski definition) is 7. The van der Waals surface area contributed by atoms with E-state index < -0.39 is 24.4 Å². The quantitative estimate of drug-likeness (QED) is 0.292. The van der Waals surface area contributed by atoms with Crippen LogP contribution < -0.4 is 10.8 Å². The lowest BCUT2D eigenvalue weighted by Crippen LogP contribution is -2.30. The number of hydroxylamine groups is 1. The molecule has 0 saturated heterocycles. The highest BCUT2D eigenvalue weighted by Crippen LogP contribution is 2.36. The number of nitrogens with one attached hydrogen (secondary N) is 2. The molecule has 0 fully saturated rings. The summed E-state index contributed by atoms with van der Waals surface area (Å²) >= 11 is 3.22. The molecule has 10 heteroatoms. The van der Waals surface area contributed by atoms with Gasteiger partial charge in [-0.3, -0.25) is 9.63 Å². The van der Waals surface area contributed by atoms with Gasteiger partial charge in [-0.1, -0.05) is 11.3 Å². The van der Waals surface area contributed by atoms with E-state index in [1.54, 1.807) is 30.5 Å². The summed E-state index contributed by atoms with van der Waals surface area (Å²) in [5.74, 6) is -1.02. The molecule has 0 spiro atoms. The van der Waals surface area contributed by atoms with Crippen LogP contribution >= 0.6 is 33.9 Å². The zero-order valence-electron chi connectivity index (χ0n) is 13.8. The molecule has 3 aromatic rings. The van der Waals surface area contributed by atoms with Gasteiger partial charge in [-0.2, -0.15) is 0 Å². The Balaban J connectivity index is 1.90. The van der Waals surface area contributed by atoms with Crippen LogP contribution in [0.1, 0.15) is 10.4 Å². The molecule has 2 aromatic heterocycles. The lowest BCUT2D eigenvalue weighted by molar-refractivity contribution is -0.0294. The Hall–Kier alpha value is -1.86. The topological polar surface area (TPSA) is 104 Å². The van der Waals surface area contributed by atoms with Gasteiger partial charge in [-0.15, -0.1) is 0 Å². The van der Waals surface area contributed by atoms with Crippen molar-refractivity contribution < 1.29 is 24.2 Å². The van der Waals surface area contributed by atoms with Crippen molar-refractivity contribution in [3.63, 3.8) is 0 Å². The number of amides is 1. The number of aliphatic hydroxyl groups is 2. The van der Waals surface area contributed by atoms with Crippen LogP contribution in [0.3, 0.4) is 0 Å². The van der Waals surface area contributed by atoms with Crippen LogP contribution in [0.15, 0.2) is 36.5 Å². The molecule has 1 aromatic carbocycles. The van der Waals surface area contributed by atoms with Crippen molar-refractivity contribution in [2.75, 3.05) is 18.5 Å². The molecule has 142 valence electrons. The lowest BCUT2D eigenvalue weighted by atomic mass is 10.2. The molecule has 0 aliphatic heterocycles. The molecule has 7 nitrogen and oxygen atoms in total. The molecule has 4 N–H and O–H groups in total. The second-order valence-corrected chi connectivity index (χ2v) is 7.73. The first-order valence-corrected chi connectivity index (χ1v) is 9.69. The molecule has 0 radical (unpaired) electrons. The van der Waals surface area contributed by atoms with Crippen LogP contribution in [0.25, 0.3) is 10.2 Å². The van der Waals surface area contributed by atoms with Crippen molar-refractivity contribution in [1.82, 2.24) is 10.5 Å². The fraction of sp³-hybridized carbons (Fsp3) is 0.176. The van der Waals surface area contributed by atoms with Gasteiger partial charge in [0.25, 0.3) is 5.91 Å². The van der Waals surface area contributed by atoms with Crippen LogP contribution in [-0.4, -0.2) is 40.4 Å². The lowest BCUT2D eigenvalue weighted by Gasteiger charge is -2.11. The molecule has 0 bridgehead atoms. The summed E-state index contributed by atoms with van der Waals surface area (Å²) < 4.78 is 15.0. The fourth-order valence-corrected chi connectivity index (χ4v) is 3.77. The third kappa shape index (κ3) is 4.71. The van der Waals surface area contributed by atoms with Gasteiger partial charge in [-0.05, 0) is 52.9 Å². The number of thiophene rings is 1. The molecule has 27 heavy (non-hydrogen) atoms. The number of carbonyl (C=O) groups excluding carboxylic acids is 1. The third-order valence-corrected chi connectivity index (χ3v) is 5.22. The van der Waals surface area contributed by atoms with E-state index >= 15 is 0 Å². The number of fused-ring (bicyclic) bond motifs is 1. The highest BCUT2D eigenvalue weighted by Gasteiger charge is 2.21. The first-order valence-electron chi connectivity index (χ1n) is 7.80. The van der Waals surface area contributed by atoms with Gasteiger partial charge in [0.15, 0.2) is 0 Å². The van der Waals surface area contributed by atoms with Gasteiger partial charge in [0, 0.05) is 15.2 Å². The minimum absolute atomic E-state index is 0.229. The van der Waals surface area contributed by atoms with Gasteiger partial charge >= 0.3 is 0 Å². The Morgan fingerprint density at radius 1 is 1.41 bits per heavy atom. The number of benzene rings is 1. The van der Waals surface area contributed by atoms with E-state index in [1.807, 2.05) is 22.6 Å². The van der Waals surface area contributed by atoms with Gasteiger partial charge in [0.1, 0.15) is 28.4 Å². The van der Waals surface area contributed by atoms with Crippen molar-refractivity contribution in [2.45, 2.75) is 6.10 Å². The highest BCUT2D eigenvalue weighted by atomic mass is 127. The average Bonchev–Trinajstić information content (AvgIpc) is 3.01. The Bertz CT molecular complexity index is 969. The summed E-state index contributed by atoms with van der Waals surface area (Å²) in [4.78, 5) is 22.4. The number of hydrogen-bond donors (Lipinski definition) is 4. The predicted molar refractivity (Wildman–Crippen MR) is 109 cm³/mol. The molecule has 2 heterocycles. The number of anilines is 2. The van der Waals surface area contributed by atoms with Gasteiger partial charge in [-0.25, -0.2) is 14.9 Å². The molecule has 1 atom stereocenters. The summed E-state index contributed by atoms with van der Waals surface area (Å²) in [6.45, 7) is -0.753. The summed E-state index contributed by atoms with van der Waals surface area (Å²) in [6, 6.07) is 8.14. The molecular weight excluding hydrogens is 488 g/mol. The maximum Gasteiger partial charge on any atom is 0.278 e. The maximum atomic E-state index is 14.2. The first-order chi connectivity index (χ1) is 13.0. The SMILES string of the molecule is O=C(NOCC(O)CO)c1c(Nc2ccc(I)cc2F)sc2ncccc12. The van der Waals surface area contributed by atoms with Gasteiger partial charge < -0.3 is 15.5 Å². The van der Waals surface area contributed by atoms with E-state index in [9.17, 15) is 14.3 Å². The minimum atomic E-state index is -1.11. The maximum absolute atomic E-state index is 14.2. The summed E-state index contributed by atoms with van der Waals surface area (Å²) in [5.41, 5.74) is 2.71. The van der Waals surface area contributed by atoms with Crippen molar-refractivity contribution in [1.29, 1.82) is 0 Å². The number of pyridine rings is 1. The molecule has 0 saturated carbocycles. The number of rotatable bonds is 7. The smallest absolute Gasteiger partial charge is 0.278 e. The first kappa shape index (κ1) is 19.9. The minimum Gasteiger partial charge on any atom is -0.394 e. The molecule has 3 rings (SSSR count). The summed E-state index contributed by atoms with van der Waals surface area (Å²) in [7, 11) is 0.